The van der Waals surface area contributed by atoms with Crippen molar-refractivity contribution >= 4 is 19.5 Å². The van der Waals surface area contributed by atoms with Gasteiger partial charge in [-0.1, -0.05) is 74.1 Å². The molecule has 0 radical (unpaired) electrons. The Morgan fingerprint density at radius 1 is 0.850 bits per heavy atom. The molecule has 0 heterocycles. The summed E-state index contributed by atoms with van der Waals surface area (Å²) in [5.74, 6) is 3.29. The highest BCUT2D eigenvalue weighted by atomic mass is 28.3. The fourth-order valence-electron chi connectivity index (χ4n) is 1.64. The van der Waals surface area contributed by atoms with Crippen LogP contribution in [0.15, 0.2) is 65.7 Å². The third-order valence-electron chi connectivity index (χ3n) is 2.60. The highest BCUT2D eigenvalue weighted by molar-refractivity contribution is 6.84. The maximum atomic E-state index is 4.70. The van der Waals surface area contributed by atoms with Crippen molar-refractivity contribution < 1.29 is 0 Å². The molecule has 1 nitrogen and oxygen atoms in total. The van der Waals surface area contributed by atoms with Gasteiger partial charge in [0.25, 0.3) is 0 Å². The smallest absolute Gasteiger partial charge is 0.129 e. The van der Waals surface area contributed by atoms with Crippen LogP contribution in [0.3, 0.4) is 0 Å². The number of rotatable bonds is 2. The molecule has 2 heteroatoms. The number of nitrogens with zero attached hydrogens (tertiary/aromatic N) is 1. The van der Waals surface area contributed by atoms with E-state index in [2.05, 4.69) is 43.2 Å². The molecule has 0 fully saturated rings. The van der Waals surface area contributed by atoms with Gasteiger partial charge in [-0.25, -0.2) is 4.99 Å². The van der Waals surface area contributed by atoms with E-state index < -0.39 is 8.07 Å². The van der Waals surface area contributed by atoms with Crippen LogP contribution in [0.1, 0.15) is 5.56 Å². The van der Waals surface area contributed by atoms with E-state index in [4.69, 9.17) is 4.99 Å². The molecule has 0 aliphatic carbocycles. The second kappa shape index (κ2) is 6.36. The van der Waals surface area contributed by atoms with E-state index in [0.717, 1.165) is 17.0 Å². The number of para-hydroxylation sites is 1. The van der Waals surface area contributed by atoms with Gasteiger partial charge < -0.3 is 0 Å². The molecule has 2 aromatic carbocycles. The SMILES string of the molecule is C[Si](C)(C)C#CC(=Nc1ccccc1)c1ccccc1. The zero-order chi connectivity index (χ0) is 14.4. The summed E-state index contributed by atoms with van der Waals surface area (Å²) in [5.41, 5.74) is 6.26. The first-order valence-corrected chi connectivity index (χ1v) is 10.3. The first kappa shape index (κ1) is 14.3. The van der Waals surface area contributed by atoms with E-state index in [1.54, 1.807) is 0 Å². The van der Waals surface area contributed by atoms with Crippen LogP contribution in [-0.4, -0.2) is 13.8 Å². The highest BCUT2D eigenvalue weighted by Crippen LogP contribution is 2.13. The van der Waals surface area contributed by atoms with Gasteiger partial charge in [0, 0.05) is 5.56 Å². The zero-order valence-electron chi connectivity index (χ0n) is 12.2. The Hall–Kier alpha value is -2.11. The van der Waals surface area contributed by atoms with Crippen molar-refractivity contribution in [2.24, 2.45) is 4.99 Å². The summed E-state index contributed by atoms with van der Waals surface area (Å²) in [7, 11) is -1.41. The molecule has 0 unspecified atom stereocenters. The van der Waals surface area contributed by atoms with E-state index >= 15 is 0 Å². The molecule has 0 aliphatic rings. The molecule has 0 spiro atoms. The molecule has 0 aromatic heterocycles. The van der Waals surface area contributed by atoms with Gasteiger partial charge in [0.05, 0.1) is 5.69 Å². The molecule has 100 valence electrons. The van der Waals surface area contributed by atoms with Crippen molar-refractivity contribution in [1.82, 2.24) is 0 Å². The molecule has 0 N–H and O–H groups in total. The molecule has 0 atom stereocenters. The lowest BCUT2D eigenvalue weighted by Gasteiger charge is -2.05. The topological polar surface area (TPSA) is 12.4 Å². The van der Waals surface area contributed by atoms with E-state index in [1.807, 2.05) is 48.5 Å². The average molecular weight is 277 g/mol. The Morgan fingerprint density at radius 2 is 1.40 bits per heavy atom. The van der Waals surface area contributed by atoms with E-state index in [9.17, 15) is 0 Å². The highest BCUT2D eigenvalue weighted by Gasteiger charge is 2.08. The minimum Gasteiger partial charge on any atom is -0.239 e. The van der Waals surface area contributed by atoms with Crippen LogP contribution in [0.25, 0.3) is 0 Å². The van der Waals surface area contributed by atoms with Gasteiger partial charge in [0.15, 0.2) is 0 Å². The van der Waals surface area contributed by atoms with Crippen LogP contribution < -0.4 is 0 Å². The summed E-state index contributed by atoms with van der Waals surface area (Å²) in [5, 5.41) is 0. The van der Waals surface area contributed by atoms with Crippen molar-refractivity contribution in [3.05, 3.63) is 66.2 Å². The Balaban J connectivity index is 2.45. The number of aliphatic imine (C=N–C) groups is 1. The lowest BCUT2D eigenvalue weighted by atomic mass is 10.1. The molecule has 2 rings (SSSR count). The maximum absolute atomic E-state index is 4.70. The average Bonchev–Trinajstić information content (AvgIpc) is 2.44. The van der Waals surface area contributed by atoms with Gasteiger partial charge in [-0.2, -0.15) is 0 Å². The third kappa shape index (κ3) is 4.53. The Bertz CT molecular complexity index is 641. The summed E-state index contributed by atoms with van der Waals surface area (Å²) in [4.78, 5) is 4.70. The van der Waals surface area contributed by atoms with Crippen molar-refractivity contribution in [3.8, 4) is 11.5 Å². The fraction of sp³-hybridized carbons (Fsp3) is 0.167. The second-order valence-electron chi connectivity index (χ2n) is 5.66. The fourth-order valence-corrected chi connectivity index (χ4v) is 2.13. The summed E-state index contributed by atoms with van der Waals surface area (Å²) >= 11 is 0. The maximum Gasteiger partial charge on any atom is 0.129 e. The zero-order valence-corrected chi connectivity index (χ0v) is 13.2. The summed E-state index contributed by atoms with van der Waals surface area (Å²) < 4.78 is 0. The minimum atomic E-state index is -1.41. The predicted molar refractivity (Wildman–Crippen MR) is 90.2 cm³/mol. The molecule has 2 aromatic rings. The van der Waals surface area contributed by atoms with Crippen molar-refractivity contribution in [2.75, 3.05) is 0 Å². The molecular formula is C18H19NSi. The largest absolute Gasteiger partial charge is 0.239 e. The normalized spacial score (nSPS) is 11.7. The lowest BCUT2D eigenvalue weighted by molar-refractivity contribution is 1.51. The van der Waals surface area contributed by atoms with Gasteiger partial charge in [-0.3, -0.25) is 0 Å². The van der Waals surface area contributed by atoms with Gasteiger partial charge in [-0.05, 0) is 12.1 Å². The standard InChI is InChI=1S/C18H19NSi/c1-20(2,3)15-14-18(16-10-6-4-7-11-16)19-17-12-8-5-9-13-17/h4-13H,1-3H3. The molecule has 20 heavy (non-hydrogen) atoms. The van der Waals surface area contributed by atoms with Crippen LogP contribution in [0, 0.1) is 11.5 Å². The molecule has 0 aliphatic heterocycles. The van der Waals surface area contributed by atoms with Crippen molar-refractivity contribution in [1.29, 1.82) is 0 Å². The van der Waals surface area contributed by atoms with Crippen molar-refractivity contribution in [3.63, 3.8) is 0 Å². The molecule has 0 bridgehead atoms. The lowest BCUT2D eigenvalue weighted by Crippen LogP contribution is -2.17. The van der Waals surface area contributed by atoms with Gasteiger partial charge in [0.1, 0.15) is 13.8 Å². The quantitative estimate of drug-likeness (QED) is 0.429. The second-order valence-corrected chi connectivity index (χ2v) is 10.4. The molecule has 0 amide bonds. The van der Waals surface area contributed by atoms with Gasteiger partial charge >= 0.3 is 0 Å². The van der Waals surface area contributed by atoms with Gasteiger partial charge in [0.2, 0.25) is 0 Å². The van der Waals surface area contributed by atoms with Crippen LogP contribution >= 0.6 is 0 Å². The summed E-state index contributed by atoms with van der Waals surface area (Å²) in [6.45, 7) is 6.72. The Kier molecular flexibility index (Phi) is 4.55. The number of hydrogen-bond donors (Lipinski definition) is 0. The van der Waals surface area contributed by atoms with E-state index in [1.165, 1.54) is 0 Å². The first-order chi connectivity index (χ1) is 9.54. The first-order valence-electron chi connectivity index (χ1n) is 6.77. The summed E-state index contributed by atoms with van der Waals surface area (Å²) in [6.07, 6.45) is 0. The molecule has 0 saturated heterocycles. The number of benzene rings is 2. The molecule has 0 saturated carbocycles. The minimum absolute atomic E-state index is 0.847. The monoisotopic (exact) mass is 277 g/mol. The van der Waals surface area contributed by atoms with Crippen LogP contribution in [0.4, 0.5) is 5.69 Å². The van der Waals surface area contributed by atoms with Crippen LogP contribution in [-0.2, 0) is 0 Å². The third-order valence-corrected chi connectivity index (χ3v) is 3.48. The Morgan fingerprint density at radius 3 is 1.95 bits per heavy atom. The molecular weight excluding hydrogens is 258 g/mol. The van der Waals surface area contributed by atoms with E-state index in [0.29, 0.717) is 0 Å². The summed E-state index contributed by atoms with van der Waals surface area (Å²) in [6, 6.07) is 20.1. The Labute approximate surface area is 122 Å². The van der Waals surface area contributed by atoms with Gasteiger partial charge in [-0.15, -0.1) is 5.54 Å². The predicted octanol–water partition coefficient (Wildman–Crippen LogP) is 4.69. The number of hydrogen-bond acceptors (Lipinski definition) is 1. The van der Waals surface area contributed by atoms with Crippen molar-refractivity contribution in [2.45, 2.75) is 19.6 Å². The van der Waals surface area contributed by atoms with Crippen LogP contribution in [0.5, 0.6) is 0 Å². The van der Waals surface area contributed by atoms with Crippen LogP contribution in [0.2, 0.25) is 19.6 Å². The van der Waals surface area contributed by atoms with E-state index in [-0.39, 0.29) is 0 Å².